The molecule has 2 rings (SSSR count). The standard InChI is InChI=1S/C14H15BrN2/c1-11-10-13(2-3-14(11)15)17-9-6-12-4-7-16-8-5-12/h2-5,7-8,10,17H,6,9H2,1H3. The highest BCUT2D eigenvalue weighted by atomic mass is 79.9. The summed E-state index contributed by atoms with van der Waals surface area (Å²) in [5.74, 6) is 0. The predicted molar refractivity (Wildman–Crippen MR) is 75.3 cm³/mol. The van der Waals surface area contributed by atoms with Crippen molar-refractivity contribution in [2.24, 2.45) is 0 Å². The lowest BCUT2D eigenvalue weighted by atomic mass is 10.2. The molecule has 0 unspecified atom stereocenters. The SMILES string of the molecule is Cc1cc(NCCc2ccncc2)ccc1Br. The van der Waals surface area contributed by atoms with Crippen molar-refractivity contribution >= 4 is 21.6 Å². The predicted octanol–water partition coefficient (Wildman–Crippen LogP) is 3.81. The lowest BCUT2D eigenvalue weighted by Crippen LogP contribution is -2.04. The number of halogens is 1. The van der Waals surface area contributed by atoms with Crippen molar-refractivity contribution in [3.63, 3.8) is 0 Å². The van der Waals surface area contributed by atoms with Crippen molar-refractivity contribution in [2.45, 2.75) is 13.3 Å². The number of nitrogens with one attached hydrogen (secondary N) is 1. The minimum atomic E-state index is 0.936. The van der Waals surface area contributed by atoms with Gasteiger partial charge in [0.2, 0.25) is 0 Å². The first-order valence-electron chi connectivity index (χ1n) is 5.64. The first-order chi connectivity index (χ1) is 8.25. The van der Waals surface area contributed by atoms with Gasteiger partial charge >= 0.3 is 0 Å². The van der Waals surface area contributed by atoms with Crippen LogP contribution >= 0.6 is 15.9 Å². The number of nitrogens with zero attached hydrogens (tertiary/aromatic N) is 1. The minimum absolute atomic E-state index is 0.936. The third-order valence-corrected chi connectivity index (χ3v) is 3.54. The number of hydrogen-bond acceptors (Lipinski definition) is 2. The Morgan fingerprint density at radius 2 is 1.94 bits per heavy atom. The van der Waals surface area contributed by atoms with Gasteiger partial charge in [-0.25, -0.2) is 0 Å². The number of anilines is 1. The Morgan fingerprint density at radius 1 is 1.18 bits per heavy atom. The number of benzene rings is 1. The van der Waals surface area contributed by atoms with Crippen molar-refractivity contribution in [3.05, 3.63) is 58.3 Å². The number of rotatable bonds is 4. The fraction of sp³-hybridized carbons (Fsp3) is 0.214. The highest BCUT2D eigenvalue weighted by molar-refractivity contribution is 9.10. The zero-order valence-corrected chi connectivity index (χ0v) is 11.4. The van der Waals surface area contributed by atoms with Crippen molar-refractivity contribution in [1.82, 2.24) is 4.98 Å². The summed E-state index contributed by atoms with van der Waals surface area (Å²) < 4.78 is 1.15. The van der Waals surface area contributed by atoms with E-state index in [0.29, 0.717) is 0 Å². The van der Waals surface area contributed by atoms with Crippen LogP contribution < -0.4 is 5.32 Å². The lowest BCUT2D eigenvalue weighted by Gasteiger charge is -2.08. The molecule has 0 atom stereocenters. The Hall–Kier alpha value is -1.35. The second-order valence-electron chi connectivity index (χ2n) is 4.00. The van der Waals surface area contributed by atoms with Crippen molar-refractivity contribution in [2.75, 3.05) is 11.9 Å². The lowest BCUT2D eigenvalue weighted by molar-refractivity contribution is 1.01. The molecule has 0 spiro atoms. The van der Waals surface area contributed by atoms with Gasteiger partial charge in [0.1, 0.15) is 0 Å². The number of pyridine rings is 1. The maximum atomic E-state index is 4.01. The second-order valence-corrected chi connectivity index (χ2v) is 4.85. The van der Waals surface area contributed by atoms with Crippen LogP contribution in [0.25, 0.3) is 0 Å². The maximum absolute atomic E-state index is 4.01. The molecule has 0 saturated carbocycles. The first-order valence-corrected chi connectivity index (χ1v) is 6.44. The molecule has 1 aromatic carbocycles. The molecule has 0 aliphatic carbocycles. The van der Waals surface area contributed by atoms with E-state index in [1.165, 1.54) is 16.8 Å². The topological polar surface area (TPSA) is 24.9 Å². The van der Waals surface area contributed by atoms with Crippen molar-refractivity contribution < 1.29 is 0 Å². The molecule has 0 amide bonds. The minimum Gasteiger partial charge on any atom is -0.385 e. The average molecular weight is 291 g/mol. The molecule has 1 heterocycles. The van der Waals surface area contributed by atoms with Crippen LogP contribution in [-0.4, -0.2) is 11.5 Å². The molecule has 2 nitrogen and oxygen atoms in total. The van der Waals surface area contributed by atoms with Gasteiger partial charge in [-0.15, -0.1) is 0 Å². The van der Waals surface area contributed by atoms with Gasteiger partial charge < -0.3 is 5.32 Å². The molecule has 3 heteroatoms. The van der Waals surface area contributed by atoms with Gasteiger partial charge in [-0.3, -0.25) is 4.98 Å². The molecule has 2 aromatic rings. The van der Waals surface area contributed by atoms with Crippen LogP contribution in [0.4, 0.5) is 5.69 Å². The summed E-state index contributed by atoms with van der Waals surface area (Å²) in [6.45, 7) is 3.03. The highest BCUT2D eigenvalue weighted by Gasteiger charge is 1.97. The van der Waals surface area contributed by atoms with Crippen molar-refractivity contribution in [1.29, 1.82) is 0 Å². The number of hydrogen-bond donors (Lipinski definition) is 1. The molecule has 0 radical (unpaired) electrons. The quantitative estimate of drug-likeness (QED) is 0.926. The third-order valence-electron chi connectivity index (χ3n) is 2.65. The van der Waals surface area contributed by atoms with Gasteiger partial charge in [0.25, 0.3) is 0 Å². The Morgan fingerprint density at radius 3 is 2.65 bits per heavy atom. The van der Waals surface area contributed by atoms with Gasteiger partial charge in [0, 0.05) is 29.1 Å². The van der Waals surface area contributed by atoms with Crippen LogP contribution in [0.3, 0.4) is 0 Å². The Bertz CT molecular complexity index is 483. The number of aromatic nitrogens is 1. The smallest absolute Gasteiger partial charge is 0.0343 e. The van der Waals surface area contributed by atoms with Crippen molar-refractivity contribution in [3.8, 4) is 0 Å². The molecule has 1 N–H and O–H groups in total. The third kappa shape index (κ3) is 3.56. The molecule has 0 aliphatic heterocycles. The van der Waals surface area contributed by atoms with E-state index in [1.807, 2.05) is 12.4 Å². The van der Waals surface area contributed by atoms with Crippen LogP contribution in [0, 0.1) is 6.92 Å². The summed E-state index contributed by atoms with van der Waals surface area (Å²) in [4.78, 5) is 4.01. The van der Waals surface area contributed by atoms with E-state index < -0.39 is 0 Å². The first kappa shape index (κ1) is 12.1. The normalized spacial score (nSPS) is 10.2. The summed E-state index contributed by atoms with van der Waals surface area (Å²) in [7, 11) is 0. The zero-order valence-electron chi connectivity index (χ0n) is 9.78. The largest absolute Gasteiger partial charge is 0.385 e. The summed E-state index contributed by atoms with van der Waals surface area (Å²) in [5, 5.41) is 3.42. The van der Waals surface area contributed by atoms with Gasteiger partial charge in [0.05, 0.1) is 0 Å². The second kappa shape index (κ2) is 5.82. The Kier molecular flexibility index (Phi) is 4.15. The number of aryl methyl sites for hydroxylation is 1. The molecule has 0 fully saturated rings. The molecule has 0 aliphatic rings. The summed E-state index contributed by atoms with van der Waals surface area (Å²) in [6.07, 6.45) is 4.68. The molecule has 0 saturated heterocycles. The molecule has 1 aromatic heterocycles. The summed E-state index contributed by atoms with van der Waals surface area (Å²) in [6, 6.07) is 10.4. The monoisotopic (exact) mass is 290 g/mol. The fourth-order valence-corrected chi connectivity index (χ4v) is 1.90. The van der Waals surface area contributed by atoms with E-state index in [1.54, 1.807) is 0 Å². The van der Waals surface area contributed by atoms with E-state index in [0.717, 1.165) is 17.4 Å². The molecular formula is C14H15BrN2. The zero-order chi connectivity index (χ0) is 12.1. The van der Waals surface area contributed by atoms with E-state index in [2.05, 4.69) is 63.5 Å². The molecule has 0 bridgehead atoms. The van der Waals surface area contributed by atoms with E-state index >= 15 is 0 Å². The average Bonchev–Trinajstić information content (AvgIpc) is 2.35. The van der Waals surface area contributed by atoms with Gasteiger partial charge in [-0.05, 0) is 54.8 Å². The van der Waals surface area contributed by atoms with Gasteiger partial charge in [-0.2, -0.15) is 0 Å². The van der Waals surface area contributed by atoms with E-state index in [9.17, 15) is 0 Å². The molecule has 17 heavy (non-hydrogen) atoms. The fourth-order valence-electron chi connectivity index (χ4n) is 1.66. The van der Waals surface area contributed by atoms with Crippen LogP contribution in [0.1, 0.15) is 11.1 Å². The van der Waals surface area contributed by atoms with Gasteiger partial charge in [-0.1, -0.05) is 15.9 Å². The van der Waals surface area contributed by atoms with Gasteiger partial charge in [0.15, 0.2) is 0 Å². The Labute approximate surface area is 110 Å². The summed E-state index contributed by atoms with van der Waals surface area (Å²) >= 11 is 3.50. The highest BCUT2D eigenvalue weighted by Crippen LogP contribution is 2.19. The van der Waals surface area contributed by atoms with E-state index in [-0.39, 0.29) is 0 Å². The van der Waals surface area contributed by atoms with Crippen LogP contribution in [0.5, 0.6) is 0 Å². The Balaban J connectivity index is 1.88. The van der Waals surface area contributed by atoms with Crippen LogP contribution in [-0.2, 0) is 6.42 Å². The van der Waals surface area contributed by atoms with Crippen LogP contribution in [0.2, 0.25) is 0 Å². The van der Waals surface area contributed by atoms with Crippen LogP contribution in [0.15, 0.2) is 47.2 Å². The molecule has 88 valence electrons. The van der Waals surface area contributed by atoms with E-state index in [4.69, 9.17) is 0 Å². The maximum Gasteiger partial charge on any atom is 0.0343 e. The summed E-state index contributed by atoms with van der Waals surface area (Å²) in [5.41, 5.74) is 3.72. The molecular weight excluding hydrogens is 276 g/mol.